The number of anilines is 1. The highest BCUT2D eigenvalue weighted by molar-refractivity contribution is 5.98. The van der Waals surface area contributed by atoms with Crippen LogP contribution < -0.4 is 20.1 Å². The maximum absolute atomic E-state index is 12.9. The average molecular weight is 448 g/mol. The van der Waals surface area contributed by atoms with Crippen LogP contribution in [0.3, 0.4) is 0 Å². The van der Waals surface area contributed by atoms with Crippen molar-refractivity contribution < 1.29 is 28.6 Å². The molecule has 1 unspecified atom stereocenters. The Morgan fingerprint density at radius 2 is 1.52 bits per heavy atom. The first-order valence-electron chi connectivity index (χ1n) is 10.1. The van der Waals surface area contributed by atoms with Gasteiger partial charge in [-0.3, -0.25) is 14.4 Å². The lowest BCUT2D eigenvalue weighted by atomic mass is 10.1. The Kier molecular flexibility index (Phi) is 8.02. The van der Waals surface area contributed by atoms with Gasteiger partial charge in [-0.25, -0.2) is 0 Å². The van der Waals surface area contributed by atoms with E-state index in [0.717, 1.165) is 0 Å². The molecule has 3 aromatic rings. The summed E-state index contributed by atoms with van der Waals surface area (Å²) in [4.78, 5) is 37.7. The fraction of sp³-hybridized carbons (Fsp3) is 0.160. The van der Waals surface area contributed by atoms with Gasteiger partial charge in [0.05, 0.1) is 14.2 Å². The summed E-state index contributed by atoms with van der Waals surface area (Å²) >= 11 is 0. The van der Waals surface area contributed by atoms with E-state index >= 15 is 0 Å². The van der Waals surface area contributed by atoms with Gasteiger partial charge in [0.1, 0.15) is 18.0 Å². The molecule has 1 atom stereocenters. The summed E-state index contributed by atoms with van der Waals surface area (Å²) in [5.41, 5.74) is 1.34. The predicted molar refractivity (Wildman–Crippen MR) is 122 cm³/mol. The molecule has 0 saturated carbocycles. The van der Waals surface area contributed by atoms with Crippen molar-refractivity contribution in [2.24, 2.45) is 0 Å². The maximum Gasteiger partial charge on any atom is 0.326 e. The molecule has 170 valence electrons. The molecule has 0 heterocycles. The number of hydrogen-bond donors (Lipinski definition) is 2. The molecule has 33 heavy (non-hydrogen) atoms. The molecule has 0 aliphatic heterocycles. The molecule has 0 radical (unpaired) electrons. The number of amides is 2. The molecular weight excluding hydrogens is 424 g/mol. The normalized spacial score (nSPS) is 11.1. The quantitative estimate of drug-likeness (QED) is 0.487. The molecular formula is C25H24N2O6. The molecule has 3 rings (SSSR count). The van der Waals surface area contributed by atoms with Crippen molar-refractivity contribution in [3.63, 3.8) is 0 Å². The van der Waals surface area contributed by atoms with E-state index in [1.807, 2.05) is 0 Å². The van der Waals surface area contributed by atoms with Gasteiger partial charge in [0.2, 0.25) is 6.10 Å². The summed E-state index contributed by atoms with van der Waals surface area (Å²) in [5.74, 6) is -0.566. The number of nitrogens with one attached hydrogen (secondary N) is 2. The highest BCUT2D eigenvalue weighted by Crippen LogP contribution is 2.22. The monoisotopic (exact) mass is 448 g/mol. The summed E-state index contributed by atoms with van der Waals surface area (Å²) in [6.45, 7) is -0.402. The van der Waals surface area contributed by atoms with E-state index in [1.165, 1.54) is 14.2 Å². The molecule has 0 aliphatic carbocycles. The standard InChI is InChI=1S/C25H24N2O6/c1-31-20-13-11-18(12-14-20)24(29)26-16-22(28)33-23(17-7-4-3-5-8-17)25(30)27-19-9-6-10-21(15-19)32-2/h3-15,23H,16H2,1-2H3,(H,26,29)(H,27,30). The first kappa shape index (κ1) is 23.3. The van der Waals surface area contributed by atoms with Gasteiger partial charge in [-0.05, 0) is 36.4 Å². The van der Waals surface area contributed by atoms with E-state index in [1.54, 1.807) is 78.9 Å². The third kappa shape index (κ3) is 6.57. The summed E-state index contributed by atoms with van der Waals surface area (Å²) in [6.07, 6.45) is -1.21. The number of carbonyl (C=O) groups is 3. The second-order valence-electron chi connectivity index (χ2n) is 6.91. The first-order chi connectivity index (χ1) is 16.0. The lowest BCUT2D eigenvalue weighted by molar-refractivity contribution is -0.153. The van der Waals surface area contributed by atoms with Crippen LogP contribution in [-0.2, 0) is 14.3 Å². The molecule has 2 N–H and O–H groups in total. The fourth-order valence-corrected chi connectivity index (χ4v) is 2.98. The highest BCUT2D eigenvalue weighted by Gasteiger charge is 2.25. The van der Waals surface area contributed by atoms with Gasteiger partial charge in [0, 0.05) is 22.9 Å². The lowest BCUT2D eigenvalue weighted by Gasteiger charge is -2.18. The van der Waals surface area contributed by atoms with Crippen LogP contribution in [0.5, 0.6) is 11.5 Å². The summed E-state index contributed by atoms with van der Waals surface area (Å²) in [5, 5.41) is 5.22. The van der Waals surface area contributed by atoms with Gasteiger partial charge in [0.15, 0.2) is 0 Å². The van der Waals surface area contributed by atoms with Crippen LogP contribution in [0.25, 0.3) is 0 Å². The number of benzene rings is 3. The van der Waals surface area contributed by atoms with Crippen LogP contribution in [-0.4, -0.2) is 38.5 Å². The van der Waals surface area contributed by atoms with Crippen molar-refractivity contribution in [2.45, 2.75) is 6.10 Å². The van der Waals surface area contributed by atoms with Crippen molar-refractivity contribution >= 4 is 23.5 Å². The van der Waals surface area contributed by atoms with Crippen LogP contribution in [0.1, 0.15) is 22.0 Å². The predicted octanol–water partition coefficient (Wildman–Crippen LogP) is 3.36. The molecule has 8 heteroatoms. The number of methoxy groups -OCH3 is 2. The minimum atomic E-state index is -1.21. The van der Waals surface area contributed by atoms with Crippen molar-refractivity contribution in [3.05, 3.63) is 90.0 Å². The molecule has 2 amide bonds. The van der Waals surface area contributed by atoms with Crippen molar-refractivity contribution in [2.75, 3.05) is 26.1 Å². The summed E-state index contributed by atoms with van der Waals surface area (Å²) in [7, 11) is 3.05. The van der Waals surface area contributed by atoms with E-state index in [-0.39, 0.29) is 0 Å². The van der Waals surface area contributed by atoms with Crippen LogP contribution in [0.15, 0.2) is 78.9 Å². The van der Waals surface area contributed by atoms with Crippen LogP contribution in [0.2, 0.25) is 0 Å². The lowest BCUT2D eigenvalue weighted by Crippen LogP contribution is -2.33. The van der Waals surface area contributed by atoms with E-state index in [9.17, 15) is 14.4 Å². The minimum Gasteiger partial charge on any atom is -0.497 e. The second-order valence-corrected chi connectivity index (χ2v) is 6.91. The van der Waals surface area contributed by atoms with E-state index in [2.05, 4.69) is 10.6 Å². The van der Waals surface area contributed by atoms with Gasteiger partial charge in [-0.1, -0.05) is 36.4 Å². The van der Waals surface area contributed by atoms with Gasteiger partial charge < -0.3 is 24.8 Å². The van der Waals surface area contributed by atoms with E-state index in [0.29, 0.717) is 28.3 Å². The topological polar surface area (TPSA) is 103 Å². The second kappa shape index (κ2) is 11.3. The summed E-state index contributed by atoms with van der Waals surface area (Å²) in [6, 6.07) is 21.9. The Morgan fingerprint density at radius 3 is 2.18 bits per heavy atom. The molecule has 0 aliphatic rings. The summed E-state index contributed by atoms with van der Waals surface area (Å²) < 4.78 is 15.7. The Balaban J connectivity index is 1.66. The third-order valence-electron chi connectivity index (χ3n) is 4.67. The largest absolute Gasteiger partial charge is 0.497 e. The Bertz CT molecular complexity index is 1100. The van der Waals surface area contributed by atoms with Gasteiger partial charge in [0.25, 0.3) is 11.8 Å². The van der Waals surface area contributed by atoms with E-state index < -0.39 is 30.4 Å². The SMILES string of the molecule is COc1ccc(C(=O)NCC(=O)OC(C(=O)Nc2cccc(OC)c2)c2ccccc2)cc1. The van der Waals surface area contributed by atoms with Crippen molar-refractivity contribution in [1.29, 1.82) is 0 Å². The molecule has 0 spiro atoms. The Hall–Kier alpha value is -4.33. The Morgan fingerprint density at radius 1 is 0.818 bits per heavy atom. The first-order valence-corrected chi connectivity index (χ1v) is 10.1. The van der Waals surface area contributed by atoms with Gasteiger partial charge >= 0.3 is 5.97 Å². The molecule has 8 nitrogen and oxygen atoms in total. The minimum absolute atomic E-state index is 0.360. The van der Waals surface area contributed by atoms with E-state index in [4.69, 9.17) is 14.2 Å². The zero-order valence-electron chi connectivity index (χ0n) is 18.2. The molecule has 0 fully saturated rings. The molecule has 0 saturated heterocycles. The van der Waals surface area contributed by atoms with Crippen molar-refractivity contribution in [1.82, 2.24) is 5.32 Å². The van der Waals surface area contributed by atoms with Crippen molar-refractivity contribution in [3.8, 4) is 11.5 Å². The third-order valence-corrected chi connectivity index (χ3v) is 4.67. The number of ether oxygens (including phenoxy) is 3. The number of hydrogen-bond acceptors (Lipinski definition) is 6. The zero-order valence-corrected chi connectivity index (χ0v) is 18.2. The molecule has 0 aromatic heterocycles. The van der Waals surface area contributed by atoms with Gasteiger partial charge in [-0.2, -0.15) is 0 Å². The van der Waals surface area contributed by atoms with Crippen LogP contribution >= 0.6 is 0 Å². The number of esters is 1. The Labute approximate surface area is 191 Å². The maximum atomic E-state index is 12.9. The van der Waals surface area contributed by atoms with Crippen LogP contribution in [0.4, 0.5) is 5.69 Å². The van der Waals surface area contributed by atoms with Gasteiger partial charge in [-0.15, -0.1) is 0 Å². The average Bonchev–Trinajstić information content (AvgIpc) is 2.86. The van der Waals surface area contributed by atoms with Crippen LogP contribution in [0, 0.1) is 0 Å². The fourth-order valence-electron chi connectivity index (χ4n) is 2.98. The zero-order chi connectivity index (χ0) is 23.6. The molecule has 0 bridgehead atoms. The number of rotatable bonds is 9. The number of carbonyl (C=O) groups excluding carboxylic acids is 3. The molecule has 3 aromatic carbocycles. The highest BCUT2D eigenvalue weighted by atomic mass is 16.5. The smallest absolute Gasteiger partial charge is 0.326 e.